The number of anilines is 2. The lowest BCUT2D eigenvalue weighted by atomic mass is 10.1. The quantitative estimate of drug-likeness (QED) is 0.829. The third-order valence-corrected chi connectivity index (χ3v) is 3.32. The van der Waals surface area contributed by atoms with E-state index in [0.717, 1.165) is 4.47 Å². The lowest BCUT2D eigenvalue weighted by Crippen LogP contribution is -2.14. The van der Waals surface area contributed by atoms with Gasteiger partial charge in [-0.25, -0.2) is 0 Å². The summed E-state index contributed by atoms with van der Waals surface area (Å²) in [7, 11) is 3.04. The Balaban J connectivity index is 2.30. The lowest BCUT2D eigenvalue weighted by Gasteiger charge is -2.12. The third kappa shape index (κ3) is 3.46. The van der Waals surface area contributed by atoms with E-state index in [0.29, 0.717) is 28.4 Å². The molecule has 2 aromatic rings. The molecule has 110 valence electrons. The highest BCUT2D eigenvalue weighted by Crippen LogP contribution is 2.28. The molecule has 2 rings (SSSR count). The molecule has 5 nitrogen and oxygen atoms in total. The first-order valence-corrected chi connectivity index (χ1v) is 6.93. The Kier molecular flexibility index (Phi) is 4.70. The van der Waals surface area contributed by atoms with Crippen molar-refractivity contribution in [2.45, 2.75) is 0 Å². The van der Waals surface area contributed by atoms with Crippen LogP contribution in [0.2, 0.25) is 0 Å². The van der Waals surface area contributed by atoms with Crippen LogP contribution in [0.5, 0.6) is 11.5 Å². The topological polar surface area (TPSA) is 73.6 Å². The molecule has 0 bridgehead atoms. The van der Waals surface area contributed by atoms with Gasteiger partial charge in [0.25, 0.3) is 5.91 Å². The number of nitrogen functional groups attached to an aromatic ring is 1. The van der Waals surface area contributed by atoms with E-state index in [2.05, 4.69) is 21.2 Å². The Hall–Kier alpha value is -2.21. The van der Waals surface area contributed by atoms with Gasteiger partial charge in [-0.3, -0.25) is 4.79 Å². The molecule has 2 aromatic carbocycles. The number of nitrogens with two attached hydrogens (primary N) is 1. The summed E-state index contributed by atoms with van der Waals surface area (Å²) in [5, 5.41) is 2.79. The van der Waals surface area contributed by atoms with Crippen molar-refractivity contribution >= 4 is 33.2 Å². The van der Waals surface area contributed by atoms with E-state index in [1.165, 1.54) is 7.11 Å². The molecule has 3 N–H and O–H groups in total. The van der Waals surface area contributed by atoms with Gasteiger partial charge in [0.05, 0.1) is 25.5 Å². The van der Waals surface area contributed by atoms with E-state index in [1.54, 1.807) is 43.5 Å². The van der Waals surface area contributed by atoms with Crippen LogP contribution < -0.4 is 20.5 Å². The molecule has 0 aliphatic rings. The van der Waals surface area contributed by atoms with Crippen molar-refractivity contribution in [2.24, 2.45) is 0 Å². The van der Waals surface area contributed by atoms with Crippen molar-refractivity contribution in [1.82, 2.24) is 0 Å². The SMILES string of the molecule is COc1cc(Br)cc(NC(=O)c2cccc(N)c2OC)c1. The van der Waals surface area contributed by atoms with E-state index in [4.69, 9.17) is 15.2 Å². The molecule has 21 heavy (non-hydrogen) atoms. The number of halogens is 1. The van der Waals surface area contributed by atoms with Gasteiger partial charge < -0.3 is 20.5 Å². The number of hydrogen-bond acceptors (Lipinski definition) is 4. The summed E-state index contributed by atoms with van der Waals surface area (Å²) in [4.78, 5) is 12.4. The van der Waals surface area contributed by atoms with E-state index >= 15 is 0 Å². The van der Waals surface area contributed by atoms with Gasteiger partial charge in [-0.1, -0.05) is 22.0 Å². The fraction of sp³-hybridized carbons (Fsp3) is 0.133. The first kappa shape index (κ1) is 15.2. The summed E-state index contributed by atoms with van der Waals surface area (Å²) >= 11 is 3.36. The van der Waals surface area contributed by atoms with E-state index in [9.17, 15) is 4.79 Å². The largest absolute Gasteiger partial charge is 0.497 e. The maximum atomic E-state index is 12.4. The van der Waals surface area contributed by atoms with Gasteiger partial charge in [0, 0.05) is 16.2 Å². The molecule has 0 radical (unpaired) electrons. The molecule has 6 heteroatoms. The van der Waals surface area contributed by atoms with Crippen molar-refractivity contribution in [3.05, 3.63) is 46.4 Å². The number of methoxy groups -OCH3 is 2. The van der Waals surface area contributed by atoms with E-state index in [1.807, 2.05) is 0 Å². The number of hydrogen-bond donors (Lipinski definition) is 2. The fourth-order valence-corrected chi connectivity index (χ4v) is 2.38. The number of benzene rings is 2. The highest BCUT2D eigenvalue weighted by Gasteiger charge is 2.15. The van der Waals surface area contributed by atoms with Crippen LogP contribution in [0.25, 0.3) is 0 Å². The van der Waals surface area contributed by atoms with Crippen molar-refractivity contribution < 1.29 is 14.3 Å². The van der Waals surface area contributed by atoms with Crippen molar-refractivity contribution in [2.75, 3.05) is 25.3 Å². The van der Waals surface area contributed by atoms with Gasteiger partial charge >= 0.3 is 0 Å². The van der Waals surface area contributed by atoms with Crippen LogP contribution in [-0.4, -0.2) is 20.1 Å². The average molecular weight is 351 g/mol. The number of amides is 1. The summed E-state index contributed by atoms with van der Waals surface area (Å²) < 4.78 is 11.1. The molecule has 0 aliphatic carbocycles. The molecule has 0 fully saturated rings. The number of para-hydroxylation sites is 1. The zero-order valence-electron chi connectivity index (χ0n) is 11.6. The molecule has 0 saturated carbocycles. The Labute approximate surface area is 131 Å². The standard InChI is InChI=1S/C15H15BrN2O3/c1-20-11-7-9(16)6-10(8-11)18-15(19)12-4-3-5-13(17)14(12)21-2/h3-8H,17H2,1-2H3,(H,18,19). The van der Waals surface area contributed by atoms with Gasteiger partial charge in [-0.2, -0.15) is 0 Å². The smallest absolute Gasteiger partial charge is 0.259 e. The summed E-state index contributed by atoms with van der Waals surface area (Å²) in [5.74, 6) is 0.690. The molecule has 1 amide bonds. The second kappa shape index (κ2) is 6.49. The Morgan fingerprint density at radius 1 is 1.19 bits per heavy atom. The summed E-state index contributed by atoms with van der Waals surface area (Å²) in [5.41, 5.74) is 7.19. The number of rotatable bonds is 4. The van der Waals surface area contributed by atoms with Gasteiger partial charge in [0.1, 0.15) is 5.75 Å². The highest BCUT2D eigenvalue weighted by molar-refractivity contribution is 9.10. The van der Waals surface area contributed by atoms with Gasteiger partial charge in [0.15, 0.2) is 5.75 Å². The first-order valence-electron chi connectivity index (χ1n) is 6.13. The third-order valence-electron chi connectivity index (χ3n) is 2.86. The Morgan fingerprint density at radius 2 is 1.95 bits per heavy atom. The van der Waals surface area contributed by atoms with E-state index < -0.39 is 0 Å². The Bertz CT molecular complexity index is 674. The molecule has 0 atom stereocenters. The van der Waals surface area contributed by atoms with Crippen LogP contribution >= 0.6 is 15.9 Å². The number of carbonyl (C=O) groups is 1. The average Bonchev–Trinajstić information content (AvgIpc) is 2.46. The summed E-state index contributed by atoms with van der Waals surface area (Å²) in [6.45, 7) is 0. The molecule has 0 aromatic heterocycles. The molecule has 0 heterocycles. The van der Waals surface area contributed by atoms with Crippen molar-refractivity contribution in [1.29, 1.82) is 0 Å². The fourth-order valence-electron chi connectivity index (χ4n) is 1.91. The second-order valence-corrected chi connectivity index (χ2v) is 5.18. The van der Waals surface area contributed by atoms with Crippen LogP contribution in [0.1, 0.15) is 10.4 Å². The first-order chi connectivity index (χ1) is 10.0. The zero-order chi connectivity index (χ0) is 15.4. The highest BCUT2D eigenvalue weighted by atomic mass is 79.9. The van der Waals surface area contributed by atoms with Crippen molar-refractivity contribution in [3.8, 4) is 11.5 Å². The number of nitrogens with one attached hydrogen (secondary N) is 1. The minimum atomic E-state index is -0.306. The second-order valence-electron chi connectivity index (χ2n) is 4.26. The maximum absolute atomic E-state index is 12.4. The number of carbonyl (C=O) groups excluding carboxylic acids is 1. The monoisotopic (exact) mass is 350 g/mol. The van der Waals surface area contributed by atoms with E-state index in [-0.39, 0.29) is 5.91 Å². The molecular weight excluding hydrogens is 336 g/mol. The predicted octanol–water partition coefficient (Wildman–Crippen LogP) is 3.30. The van der Waals surface area contributed by atoms with Crippen LogP contribution in [0, 0.1) is 0 Å². The molecule has 0 saturated heterocycles. The molecule has 0 unspecified atom stereocenters. The predicted molar refractivity (Wildman–Crippen MR) is 86.1 cm³/mol. The van der Waals surface area contributed by atoms with Gasteiger partial charge in [-0.05, 0) is 24.3 Å². The molecule has 0 aliphatic heterocycles. The summed E-state index contributed by atoms with van der Waals surface area (Å²) in [6, 6.07) is 10.3. The molecular formula is C15H15BrN2O3. The normalized spacial score (nSPS) is 10.0. The van der Waals surface area contributed by atoms with Gasteiger partial charge in [0.2, 0.25) is 0 Å². The maximum Gasteiger partial charge on any atom is 0.259 e. The minimum absolute atomic E-state index is 0.306. The minimum Gasteiger partial charge on any atom is -0.497 e. The lowest BCUT2D eigenvalue weighted by molar-refractivity contribution is 0.102. The van der Waals surface area contributed by atoms with Crippen LogP contribution in [0.4, 0.5) is 11.4 Å². The zero-order valence-corrected chi connectivity index (χ0v) is 13.2. The summed E-state index contributed by atoms with van der Waals surface area (Å²) in [6.07, 6.45) is 0. The van der Waals surface area contributed by atoms with Crippen LogP contribution in [-0.2, 0) is 0 Å². The van der Waals surface area contributed by atoms with Crippen LogP contribution in [0.3, 0.4) is 0 Å². The molecule has 0 spiro atoms. The van der Waals surface area contributed by atoms with Gasteiger partial charge in [-0.15, -0.1) is 0 Å². The van der Waals surface area contributed by atoms with Crippen molar-refractivity contribution in [3.63, 3.8) is 0 Å². The Morgan fingerprint density at radius 3 is 2.62 bits per heavy atom. The van der Waals surface area contributed by atoms with Crippen LogP contribution in [0.15, 0.2) is 40.9 Å². The number of ether oxygens (including phenoxy) is 2.